The molecule has 2 amide bonds. The Bertz CT molecular complexity index is 408. The van der Waals surface area contributed by atoms with Gasteiger partial charge < -0.3 is 15.3 Å². The van der Waals surface area contributed by atoms with E-state index < -0.39 is 12.1 Å². The Hall–Kier alpha value is -1.59. The van der Waals surface area contributed by atoms with Crippen molar-refractivity contribution in [2.24, 2.45) is 17.8 Å². The summed E-state index contributed by atoms with van der Waals surface area (Å²) in [5.41, 5.74) is 0. The lowest BCUT2D eigenvalue weighted by Crippen LogP contribution is -2.48. The first kappa shape index (κ1) is 17.5. The van der Waals surface area contributed by atoms with E-state index in [0.29, 0.717) is 12.5 Å². The fourth-order valence-electron chi connectivity index (χ4n) is 3.19. The summed E-state index contributed by atoms with van der Waals surface area (Å²) in [4.78, 5) is 36.9. The van der Waals surface area contributed by atoms with Crippen LogP contribution in [0, 0.1) is 17.8 Å². The van der Waals surface area contributed by atoms with E-state index in [-0.39, 0.29) is 30.1 Å². The number of ketones is 1. The topological polar surface area (TPSA) is 86.7 Å². The molecule has 0 radical (unpaired) electrons. The SMILES string of the molecule is CCC1CN(C(=O)CNC(=O)O)C(C(=O)C(C)C)C1CC. The van der Waals surface area contributed by atoms with E-state index in [1.54, 1.807) is 4.90 Å². The molecular formula is C15H26N2O4. The van der Waals surface area contributed by atoms with Gasteiger partial charge in [-0.05, 0) is 11.8 Å². The van der Waals surface area contributed by atoms with Gasteiger partial charge in [0.25, 0.3) is 0 Å². The van der Waals surface area contributed by atoms with Gasteiger partial charge in [-0.3, -0.25) is 9.59 Å². The van der Waals surface area contributed by atoms with Crippen LogP contribution in [0.15, 0.2) is 0 Å². The Morgan fingerprint density at radius 3 is 2.29 bits per heavy atom. The van der Waals surface area contributed by atoms with Gasteiger partial charge in [0.15, 0.2) is 5.78 Å². The third-order valence-corrected chi connectivity index (χ3v) is 4.35. The number of hydrogen-bond donors (Lipinski definition) is 2. The predicted octanol–water partition coefficient (Wildman–Crippen LogP) is 1.74. The van der Waals surface area contributed by atoms with Crippen molar-refractivity contribution in [3.05, 3.63) is 0 Å². The average Bonchev–Trinajstić information content (AvgIpc) is 2.81. The minimum atomic E-state index is -1.23. The first-order valence-corrected chi connectivity index (χ1v) is 7.63. The Labute approximate surface area is 125 Å². The first-order valence-electron chi connectivity index (χ1n) is 7.63. The summed E-state index contributed by atoms with van der Waals surface area (Å²) >= 11 is 0. The van der Waals surface area contributed by atoms with Gasteiger partial charge in [0, 0.05) is 12.5 Å². The standard InChI is InChI=1S/C15H26N2O4/c1-5-10-8-17(12(18)7-16-15(20)21)13(11(10)6-2)14(19)9(3)4/h9-11,13,16H,5-8H2,1-4H3,(H,20,21). The summed E-state index contributed by atoms with van der Waals surface area (Å²) in [6.07, 6.45) is 0.530. The molecule has 2 N–H and O–H groups in total. The highest BCUT2D eigenvalue weighted by Crippen LogP contribution is 2.36. The van der Waals surface area contributed by atoms with Gasteiger partial charge in [-0.2, -0.15) is 0 Å². The molecule has 0 aromatic rings. The number of carbonyl (C=O) groups is 3. The van der Waals surface area contributed by atoms with Crippen LogP contribution in [0.2, 0.25) is 0 Å². The van der Waals surface area contributed by atoms with Gasteiger partial charge in [0.05, 0.1) is 6.04 Å². The van der Waals surface area contributed by atoms with Crippen molar-refractivity contribution in [3.8, 4) is 0 Å². The van der Waals surface area contributed by atoms with Gasteiger partial charge in [-0.25, -0.2) is 4.79 Å². The molecule has 0 saturated carbocycles. The number of Topliss-reactive ketones (excluding diaryl/α,β-unsaturated/α-hetero) is 1. The van der Waals surface area contributed by atoms with E-state index in [2.05, 4.69) is 12.2 Å². The van der Waals surface area contributed by atoms with E-state index in [1.165, 1.54) is 0 Å². The second-order valence-electron chi connectivity index (χ2n) is 5.95. The highest BCUT2D eigenvalue weighted by atomic mass is 16.4. The quantitative estimate of drug-likeness (QED) is 0.782. The molecule has 3 unspecified atom stereocenters. The largest absolute Gasteiger partial charge is 0.465 e. The number of nitrogens with one attached hydrogen (secondary N) is 1. The van der Waals surface area contributed by atoms with E-state index in [9.17, 15) is 14.4 Å². The van der Waals surface area contributed by atoms with Crippen molar-refractivity contribution < 1.29 is 19.5 Å². The molecule has 0 bridgehead atoms. The average molecular weight is 298 g/mol. The molecule has 1 heterocycles. The lowest BCUT2D eigenvalue weighted by Gasteiger charge is -2.28. The van der Waals surface area contributed by atoms with Crippen LogP contribution in [0.5, 0.6) is 0 Å². The van der Waals surface area contributed by atoms with Crippen LogP contribution in [0.4, 0.5) is 4.79 Å². The van der Waals surface area contributed by atoms with Crippen LogP contribution >= 0.6 is 0 Å². The molecule has 0 aromatic carbocycles. The van der Waals surface area contributed by atoms with Gasteiger partial charge in [0.2, 0.25) is 5.91 Å². The van der Waals surface area contributed by atoms with E-state index in [0.717, 1.165) is 12.8 Å². The van der Waals surface area contributed by atoms with E-state index in [4.69, 9.17) is 5.11 Å². The molecule has 1 aliphatic heterocycles. The van der Waals surface area contributed by atoms with Gasteiger partial charge in [-0.1, -0.05) is 40.5 Å². The van der Waals surface area contributed by atoms with Crippen LogP contribution < -0.4 is 5.32 Å². The molecule has 6 heteroatoms. The number of nitrogens with zero attached hydrogens (tertiary/aromatic N) is 1. The summed E-state index contributed by atoms with van der Waals surface area (Å²) in [5, 5.41) is 10.7. The minimum Gasteiger partial charge on any atom is -0.465 e. The summed E-state index contributed by atoms with van der Waals surface area (Å²) in [7, 11) is 0. The molecule has 0 aliphatic carbocycles. The Balaban J connectivity index is 2.95. The summed E-state index contributed by atoms with van der Waals surface area (Å²) < 4.78 is 0. The minimum absolute atomic E-state index is 0.0708. The fourth-order valence-corrected chi connectivity index (χ4v) is 3.19. The van der Waals surface area contributed by atoms with Crippen molar-refractivity contribution in [2.45, 2.75) is 46.6 Å². The lowest BCUT2D eigenvalue weighted by molar-refractivity contribution is -0.139. The maximum absolute atomic E-state index is 12.5. The van der Waals surface area contributed by atoms with Crippen molar-refractivity contribution in [3.63, 3.8) is 0 Å². The van der Waals surface area contributed by atoms with Gasteiger partial charge in [0.1, 0.15) is 6.54 Å². The number of hydrogen-bond acceptors (Lipinski definition) is 3. The zero-order valence-electron chi connectivity index (χ0n) is 13.3. The van der Waals surface area contributed by atoms with Gasteiger partial charge in [-0.15, -0.1) is 0 Å². The second-order valence-corrected chi connectivity index (χ2v) is 5.95. The molecule has 1 saturated heterocycles. The number of rotatable bonds is 6. The summed E-state index contributed by atoms with van der Waals surface area (Å²) in [6.45, 7) is 8.05. The van der Waals surface area contributed by atoms with Crippen molar-refractivity contribution in [1.29, 1.82) is 0 Å². The smallest absolute Gasteiger partial charge is 0.405 e. The van der Waals surface area contributed by atoms with E-state index in [1.807, 2.05) is 20.8 Å². The highest BCUT2D eigenvalue weighted by molar-refractivity contribution is 5.92. The van der Waals surface area contributed by atoms with Crippen LogP contribution in [0.3, 0.4) is 0 Å². The Kier molecular flexibility index (Phi) is 6.18. The van der Waals surface area contributed by atoms with Crippen molar-refractivity contribution in [1.82, 2.24) is 10.2 Å². The van der Waals surface area contributed by atoms with Crippen LogP contribution in [0.1, 0.15) is 40.5 Å². The molecule has 0 aromatic heterocycles. The van der Waals surface area contributed by atoms with Crippen molar-refractivity contribution >= 4 is 17.8 Å². The number of amides is 2. The maximum atomic E-state index is 12.5. The third-order valence-electron chi connectivity index (χ3n) is 4.35. The molecule has 1 aliphatic rings. The Morgan fingerprint density at radius 2 is 1.86 bits per heavy atom. The fraction of sp³-hybridized carbons (Fsp3) is 0.800. The zero-order valence-corrected chi connectivity index (χ0v) is 13.3. The molecule has 1 rings (SSSR count). The highest BCUT2D eigenvalue weighted by Gasteiger charge is 2.45. The van der Waals surface area contributed by atoms with E-state index >= 15 is 0 Å². The number of carbonyl (C=O) groups excluding carboxylic acids is 2. The lowest BCUT2D eigenvalue weighted by atomic mass is 9.83. The third kappa shape index (κ3) is 3.95. The number of carboxylic acid groups (broad SMARTS) is 1. The molecule has 3 atom stereocenters. The summed E-state index contributed by atoms with van der Waals surface area (Å²) in [5.74, 6) is 0.0878. The second kappa shape index (κ2) is 7.43. The van der Waals surface area contributed by atoms with Crippen LogP contribution in [-0.4, -0.2) is 46.9 Å². The summed E-state index contributed by atoms with van der Waals surface area (Å²) in [6, 6.07) is -0.414. The maximum Gasteiger partial charge on any atom is 0.405 e. The van der Waals surface area contributed by atoms with Gasteiger partial charge >= 0.3 is 6.09 Å². The van der Waals surface area contributed by atoms with Crippen molar-refractivity contribution in [2.75, 3.05) is 13.1 Å². The first-order chi connectivity index (χ1) is 9.83. The molecule has 120 valence electrons. The predicted molar refractivity (Wildman–Crippen MR) is 78.9 cm³/mol. The van der Waals surface area contributed by atoms with Crippen LogP contribution in [-0.2, 0) is 9.59 Å². The molecule has 0 spiro atoms. The van der Waals surface area contributed by atoms with Crippen LogP contribution in [0.25, 0.3) is 0 Å². The molecular weight excluding hydrogens is 272 g/mol. The zero-order chi connectivity index (χ0) is 16.2. The molecule has 21 heavy (non-hydrogen) atoms. The molecule has 1 fully saturated rings. The number of likely N-dealkylation sites (tertiary alicyclic amines) is 1. The normalized spacial score (nSPS) is 25.2. The Morgan fingerprint density at radius 1 is 1.24 bits per heavy atom. The molecule has 6 nitrogen and oxygen atoms in total. The monoisotopic (exact) mass is 298 g/mol.